The van der Waals surface area contributed by atoms with E-state index in [1.807, 2.05) is 0 Å². The van der Waals surface area contributed by atoms with Gasteiger partial charge in [-0.2, -0.15) is 4.98 Å². The number of benzene rings is 1. The largest absolute Gasteiger partial charge is 0.389 e. The first-order chi connectivity index (χ1) is 20.1. The van der Waals surface area contributed by atoms with Crippen LogP contribution in [-0.4, -0.2) is 79.3 Å². The maximum absolute atomic E-state index is 13.6. The molecule has 1 fully saturated rings. The molecule has 1 atom stereocenters. The van der Waals surface area contributed by atoms with Crippen molar-refractivity contribution in [3.63, 3.8) is 0 Å². The molecule has 0 saturated carbocycles. The molecule has 1 amide bonds. The Hall–Kier alpha value is -3.68. The molecule has 1 aliphatic heterocycles. The van der Waals surface area contributed by atoms with Crippen LogP contribution in [0.4, 0.5) is 11.6 Å². The molecule has 0 spiro atoms. The summed E-state index contributed by atoms with van der Waals surface area (Å²) in [4.78, 5) is 45.7. The number of rotatable bonds is 11. The smallest absolute Gasteiger partial charge is 0.293 e. The summed E-state index contributed by atoms with van der Waals surface area (Å²) in [6.07, 6.45) is 5.73. The Kier molecular flexibility index (Phi) is 8.99. The molecule has 3 aromatic heterocycles. The van der Waals surface area contributed by atoms with E-state index in [4.69, 9.17) is 28.0 Å². The van der Waals surface area contributed by atoms with Crippen LogP contribution >= 0.6 is 23.2 Å². The number of halogens is 2. The van der Waals surface area contributed by atoms with Gasteiger partial charge in [0, 0.05) is 49.1 Å². The van der Waals surface area contributed by atoms with Gasteiger partial charge in [-0.15, -0.1) is 4.73 Å². The van der Waals surface area contributed by atoms with E-state index >= 15 is 0 Å². The van der Waals surface area contributed by atoms with Gasteiger partial charge >= 0.3 is 0 Å². The van der Waals surface area contributed by atoms with Crippen LogP contribution in [0.2, 0.25) is 10.0 Å². The lowest BCUT2D eigenvalue weighted by Gasteiger charge is -2.24. The molecule has 1 aliphatic rings. The van der Waals surface area contributed by atoms with E-state index in [1.54, 1.807) is 30.5 Å². The van der Waals surface area contributed by atoms with Crippen molar-refractivity contribution >= 4 is 51.8 Å². The number of carbonyl (C=O) groups excluding carboxylic acids is 1. The van der Waals surface area contributed by atoms with Crippen molar-refractivity contribution in [1.29, 1.82) is 0 Å². The number of carbonyl (C=O) groups is 1. The molecule has 42 heavy (non-hydrogen) atoms. The Balaban J connectivity index is 1.38. The number of aromatic amines is 1. The van der Waals surface area contributed by atoms with Gasteiger partial charge in [-0.3, -0.25) is 9.59 Å². The van der Waals surface area contributed by atoms with E-state index in [9.17, 15) is 19.8 Å². The monoisotopic (exact) mass is 615 g/mol. The maximum atomic E-state index is 13.6. The van der Waals surface area contributed by atoms with Crippen molar-refractivity contribution in [3.05, 3.63) is 68.8 Å². The molecule has 0 unspecified atom stereocenters. The zero-order chi connectivity index (χ0) is 29.9. The van der Waals surface area contributed by atoms with Gasteiger partial charge in [0.05, 0.1) is 27.7 Å². The highest BCUT2D eigenvalue weighted by Crippen LogP contribution is 2.34. The molecule has 4 aromatic rings. The molecule has 5 N–H and O–H groups in total. The van der Waals surface area contributed by atoms with Crippen molar-refractivity contribution in [3.8, 4) is 11.1 Å². The second-order valence-electron chi connectivity index (χ2n) is 10.3. The topological polar surface area (TPSA) is 158 Å². The summed E-state index contributed by atoms with van der Waals surface area (Å²) < 4.78 is 0.780. The summed E-state index contributed by atoms with van der Waals surface area (Å²) in [5.41, 5.74) is 0.950. The van der Waals surface area contributed by atoms with Crippen LogP contribution in [0.15, 0.2) is 47.5 Å². The van der Waals surface area contributed by atoms with Gasteiger partial charge in [0.2, 0.25) is 11.9 Å². The fourth-order valence-corrected chi connectivity index (χ4v) is 5.32. The van der Waals surface area contributed by atoms with Crippen molar-refractivity contribution in [2.75, 3.05) is 38.1 Å². The minimum absolute atomic E-state index is 0.0197. The van der Waals surface area contributed by atoms with Crippen LogP contribution in [0, 0.1) is 0 Å². The minimum atomic E-state index is -2.11. The van der Waals surface area contributed by atoms with Crippen molar-refractivity contribution < 1.29 is 19.8 Å². The number of hydrogen-bond donors (Lipinski definition) is 5. The maximum Gasteiger partial charge on any atom is 0.293 e. The number of aliphatic hydroxyl groups is 2. The van der Waals surface area contributed by atoms with E-state index in [2.05, 4.69) is 30.5 Å². The summed E-state index contributed by atoms with van der Waals surface area (Å²) in [6, 6.07) is 8.12. The molecule has 4 heterocycles. The summed E-state index contributed by atoms with van der Waals surface area (Å²) >= 11 is 12.7. The van der Waals surface area contributed by atoms with Gasteiger partial charge < -0.3 is 35.6 Å². The van der Waals surface area contributed by atoms with Crippen molar-refractivity contribution in [2.45, 2.75) is 32.0 Å². The Bertz CT molecular complexity index is 1630. The number of amides is 1. The number of hydrogen-bond acceptors (Lipinski definition) is 9. The average Bonchev–Trinajstić information content (AvgIpc) is 3.63. The van der Waals surface area contributed by atoms with Crippen molar-refractivity contribution in [2.24, 2.45) is 0 Å². The first-order valence-electron chi connectivity index (χ1n) is 13.5. The van der Waals surface area contributed by atoms with Crippen LogP contribution in [0.25, 0.3) is 22.2 Å². The molecule has 14 heteroatoms. The zero-order valence-electron chi connectivity index (χ0n) is 22.9. The van der Waals surface area contributed by atoms with Gasteiger partial charge in [0.25, 0.3) is 11.3 Å². The molecule has 5 rings (SSSR count). The first kappa shape index (κ1) is 29.8. The number of nitrogens with zero attached hydrogens (tertiary/aromatic N) is 4. The third kappa shape index (κ3) is 6.85. The normalized spacial score (nSPS) is 15.1. The molecule has 1 aromatic carbocycles. The Morgan fingerprint density at radius 3 is 2.67 bits per heavy atom. The van der Waals surface area contributed by atoms with Crippen LogP contribution < -0.4 is 21.0 Å². The highest BCUT2D eigenvalue weighted by molar-refractivity contribution is 6.39. The lowest BCUT2D eigenvalue weighted by molar-refractivity contribution is -0.211. The molecular formula is C28H31Cl2N7O5. The minimum Gasteiger partial charge on any atom is -0.389 e. The molecular weight excluding hydrogens is 585 g/mol. The number of aliphatic hydroxyl groups excluding tert-OH is 1. The van der Waals surface area contributed by atoms with E-state index in [-0.39, 0.29) is 45.1 Å². The average molecular weight is 617 g/mol. The van der Waals surface area contributed by atoms with Crippen LogP contribution in [0.1, 0.15) is 25.5 Å². The zero-order valence-corrected chi connectivity index (χ0v) is 24.4. The van der Waals surface area contributed by atoms with Crippen LogP contribution in [-0.2, 0) is 11.2 Å². The summed E-state index contributed by atoms with van der Waals surface area (Å²) in [6.45, 7) is 4.01. The lowest BCUT2D eigenvalue weighted by atomic mass is 10.1. The van der Waals surface area contributed by atoms with Crippen LogP contribution in [0.5, 0.6) is 0 Å². The number of H-pyrrole nitrogens is 1. The second kappa shape index (κ2) is 12.7. The molecule has 1 saturated heterocycles. The van der Waals surface area contributed by atoms with Crippen molar-refractivity contribution in [1.82, 2.24) is 29.9 Å². The molecule has 0 bridgehead atoms. The SMILES string of the molecule is C[C@](O)(CO)On1c(=O)c(-c2c(Cl)cccc2Cl)cc2cnc(Nc3c[nH]c(CC(=O)NCCN4CCCC4)c3)nc21. The van der Waals surface area contributed by atoms with Gasteiger partial charge in [-0.25, -0.2) is 4.98 Å². The van der Waals surface area contributed by atoms with Crippen LogP contribution in [0.3, 0.4) is 0 Å². The van der Waals surface area contributed by atoms with E-state index < -0.39 is 18.0 Å². The lowest BCUT2D eigenvalue weighted by Crippen LogP contribution is -2.45. The van der Waals surface area contributed by atoms with E-state index in [1.165, 1.54) is 32.0 Å². The highest BCUT2D eigenvalue weighted by atomic mass is 35.5. The molecule has 222 valence electrons. The number of nitrogens with one attached hydrogen (secondary N) is 3. The fourth-order valence-electron chi connectivity index (χ4n) is 4.71. The third-order valence-corrected chi connectivity index (χ3v) is 7.45. The fraction of sp³-hybridized carbons (Fsp3) is 0.357. The van der Waals surface area contributed by atoms with E-state index in [0.29, 0.717) is 23.3 Å². The Morgan fingerprint density at radius 2 is 1.95 bits per heavy atom. The Morgan fingerprint density at radius 1 is 1.21 bits per heavy atom. The second-order valence-corrected chi connectivity index (χ2v) is 11.1. The summed E-state index contributed by atoms with van der Waals surface area (Å²) in [5.74, 6) is -2.08. The number of pyridine rings is 1. The number of fused-ring (bicyclic) bond motifs is 1. The number of aromatic nitrogens is 4. The first-order valence-corrected chi connectivity index (χ1v) is 14.2. The molecule has 0 aliphatic carbocycles. The quantitative estimate of drug-likeness (QED) is 0.160. The van der Waals surface area contributed by atoms with Gasteiger partial charge in [0.15, 0.2) is 5.65 Å². The Labute approximate surface area is 251 Å². The highest BCUT2D eigenvalue weighted by Gasteiger charge is 2.26. The summed E-state index contributed by atoms with van der Waals surface area (Å²) in [7, 11) is 0. The molecule has 12 nitrogen and oxygen atoms in total. The number of likely N-dealkylation sites (tertiary alicyclic amines) is 1. The predicted octanol–water partition coefficient (Wildman–Crippen LogP) is 2.72. The standard InChI is InChI=1S/C28H31Cl2N7O5/c1-28(41,16-38)42-37-25-17(11-20(26(37)40)24-21(29)5-4-6-22(24)30)14-33-27(35-25)34-19-12-18(32-15-19)13-23(39)31-7-10-36-8-2-3-9-36/h4-6,11-12,14-15,32,38,41H,2-3,7-10,13,16H2,1H3,(H,31,39)(H,33,34,35)/t28-/m1/s1. The predicted molar refractivity (Wildman–Crippen MR) is 160 cm³/mol. The van der Waals surface area contributed by atoms with Gasteiger partial charge in [0.1, 0.15) is 6.61 Å². The number of anilines is 2. The third-order valence-electron chi connectivity index (χ3n) is 6.82. The van der Waals surface area contributed by atoms with Gasteiger partial charge in [-0.05, 0) is 50.2 Å². The van der Waals surface area contributed by atoms with Gasteiger partial charge in [-0.1, -0.05) is 29.3 Å². The molecule has 0 radical (unpaired) electrons. The summed E-state index contributed by atoms with van der Waals surface area (Å²) in [5, 5.41) is 26.9. The van der Waals surface area contributed by atoms with E-state index in [0.717, 1.165) is 24.4 Å².